The highest BCUT2D eigenvalue weighted by Gasteiger charge is 2.21. The lowest BCUT2D eigenvalue weighted by atomic mass is 10.1. The van der Waals surface area contributed by atoms with E-state index in [4.69, 9.17) is 0 Å². The van der Waals surface area contributed by atoms with Crippen LogP contribution in [0, 0.1) is 0 Å². The number of rotatable bonds is 6. The van der Waals surface area contributed by atoms with E-state index >= 15 is 0 Å². The fourth-order valence-corrected chi connectivity index (χ4v) is 4.66. The largest absolute Gasteiger partial charge is 0.361 e. The Balaban J connectivity index is 1.71. The molecule has 0 aliphatic rings. The molecule has 2 aromatic heterocycles. The highest BCUT2D eigenvalue weighted by Crippen LogP contribution is 2.23. The molecule has 0 aliphatic heterocycles. The SMILES string of the molecule is CCCS(=O)(=O)n1c(NCc2ccc3[nH]ccc3c2)nc2ccccc21. The molecular formula is C19H20N4O2S. The molecule has 0 spiro atoms. The van der Waals surface area contributed by atoms with Crippen molar-refractivity contribution in [3.8, 4) is 0 Å². The Morgan fingerprint density at radius 1 is 1.15 bits per heavy atom. The van der Waals surface area contributed by atoms with Crippen LogP contribution >= 0.6 is 0 Å². The van der Waals surface area contributed by atoms with Gasteiger partial charge in [-0.2, -0.15) is 0 Å². The zero-order valence-corrected chi connectivity index (χ0v) is 15.3. The van der Waals surface area contributed by atoms with Crippen LogP contribution in [0.25, 0.3) is 21.9 Å². The van der Waals surface area contributed by atoms with Gasteiger partial charge >= 0.3 is 0 Å². The van der Waals surface area contributed by atoms with Crippen molar-refractivity contribution in [1.29, 1.82) is 0 Å². The molecule has 0 radical (unpaired) electrons. The summed E-state index contributed by atoms with van der Waals surface area (Å²) in [7, 11) is -3.47. The lowest BCUT2D eigenvalue weighted by molar-refractivity contribution is 0.588. The predicted molar refractivity (Wildman–Crippen MR) is 105 cm³/mol. The molecule has 134 valence electrons. The van der Waals surface area contributed by atoms with Gasteiger partial charge in [-0.05, 0) is 47.7 Å². The molecule has 0 fully saturated rings. The molecular weight excluding hydrogens is 348 g/mol. The number of benzene rings is 2. The summed E-state index contributed by atoms with van der Waals surface area (Å²) in [4.78, 5) is 7.66. The molecule has 0 saturated carbocycles. The van der Waals surface area contributed by atoms with Crippen LogP contribution in [0.4, 0.5) is 5.95 Å². The monoisotopic (exact) mass is 368 g/mol. The van der Waals surface area contributed by atoms with Crippen molar-refractivity contribution in [1.82, 2.24) is 13.9 Å². The molecule has 4 aromatic rings. The Labute approximate surface area is 151 Å². The molecule has 0 atom stereocenters. The molecule has 6 nitrogen and oxygen atoms in total. The van der Waals surface area contributed by atoms with Crippen molar-refractivity contribution in [3.05, 3.63) is 60.3 Å². The Kier molecular flexibility index (Phi) is 4.16. The maximum atomic E-state index is 12.8. The molecule has 26 heavy (non-hydrogen) atoms. The Morgan fingerprint density at radius 2 is 2.00 bits per heavy atom. The predicted octanol–water partition coefficient (Wildman–Crippen LogP) is 3.72. The van der Waals surface area contributed by atoms with Gasteiger partial charge in [0, 0.05) is 18.3 Å². The summed E-state index contributed by atoms with van der Waals surface area (Å²) in [6.07, 6.45) is 2.46. The van der Waals surface area contributed by atoms with E-state index in [0.717, 1.165) is 16.5 Å². The summed E-state index contributed by atoms with van der Waals surface area (Å²) in [5.74, 6) is 0.436. The van der Waals surface area contributed by atoms with E-state index < -0.39 is 10.0 Å². The van der Waals surface area contributed by atoms with E-state index in [2.05, 4.69) is 21.4 Å². The van der Waals surface area contributed by atoms with Gasteiger partial charge < -0.3 is 10.3 Å². The van der Waals surface area contributed by atoms with Gasteiger partial charge in [0.25, 0.3) is 0 Å². The van der Waals surface area contributed by atoms with Crippen LogP contribution in [0.5, 0.6) is 0 Å². The van der Waals surface area contributed by atoms with Gasteiger partial charge in [-0.25, -0.2) is 17.4 Å². The fourth-order valence-electron chi connectivity index (χ4n) is 3.14. The van der Waals surface area contributed by atoms with Crippen LogP contribution in [0.15, 0.2) is 54.7 Å². The second kappa shape index (κ2) is 6.49. The number of nitrogens with one attached hydrogen (secondary N) is 2. The molecule has 7 heteroatoms. The zero-order chi connectivity index (χ0) is 18.1. The van der Waals surface area contributed by atoms with Crippen LogP contribution in [0.2, 0.25) is 0 Å². The van der Waals surface area contributed by atoms with Crippen molar-refractivity contribution < 1.29 is 8.42 Å². The number of imidazole rings is 1. The molecule has 0 bridgehead atoms. The van der Waals surface area contributed by atoms with E-state index in [0.29, 0.717) is 29.9 Å². The third kappa shape index (κ3) is 2.94. The van der Waals surface area contributed by atoms with Crippen molar-refractivity contribution in [2.75, 3.05) is 11.1 Å². The smallest absolute Gasteiger partial charge is 0.241 e. The van der Waals surface area contributed by atoms with Crippen LogP contribution in [0.1, 0.15) is 18.9 Å². The number of hydrogen-bond acceptors (Lipinski definition) is 4. The topological polar surface area (TPSA) is 79.8 Å². The van der Waals surface area contributed by atoms with Crippen LogP contribution < -0.4 is 5.32 Å². The Morgan fingerprint density at radius 3 is 2.85 bits per heavy atom. The van der Waals surface area contributed by atoms with Gasteiger partial charge in [0.05, 0.1) is 16.8 Å². The normalized spacial score (nSPS) is 12.0. The molecule has 4 rings (SSSR count). The third-order valence-electron chi connectivity index (χ3n) is 4.33. The average Bonchev–Trinajstić information content (AvgIpc) is 3.23. The van der Waals surface area contributed by atoms with Crippen molar-refractivity contribution in [2.24, 2.45) is 0 Å². The highest BCUT2D eigenvalue weighted by molar-refractivity contribution is 7.90. The maximum absolute atomic E-state index is 12.8. The summed E-state index contributed by atoms with van der Waals surface area (Å²) >= 11 is 0. The summed E-state index contributed by atoms with van der Waals surface area (Å²) < 4.78 is 26.9. The lowest BCUT2D eigenvalue weighted by Gasteiger charge is -2.11. The van der Waals surface area contributed by atoms with Crippen LogP contribution in [-0.4, -0.2) is 28.1 Å². The molecule has 2 N–H and O–H groups in total. The first-order chi connectivity index (χ1) is 12.6. The number of fused-ring (bicyclic) bond motifs is 2. The number of para-hydroxylation sites is 2. The highest BCUT2D eigenvalue weighted by atomic mass is 32.2. The van der Waals surface area contributed by atoms with Gasteiger partial charge in [-0.3, -0.25) is 0 Å². The summed E-state index contributed by atoms with van der Waals surface area (Å²) in [5.41, 5.74) is 3.40. The minimum Gasteiger partial charge on any atom is -0.361 e. The lowest BCUT2D eigenvalue weighted by Crippen LogP contribution is -2.19. The number of hydrogen-bond donors (Lipinski definition) is 2. The summed E-state index contributed by atoms with van der Waals surface area (Å²) in [6, 6.07) is 15.4. The van der Waals surface area contributed by atoms with Gasteiger partial charge in [0.1, 0.15) is 0 Å². The molecule has 0 aliphatic carbocycles. The second-order valence-electron chi connectivity index (χ2n) is 6.26. The van der Waals surface area contributed by atoms with Crippen LogP contribution in [0.3, 0.4) is 0 Å². The van der Waals surface area contributed by atoms with E-state index in [1.165, 1.54) is 3.97 Å². The van der Waals surface area contributed by atoms with E-state index in [9.17, 15) is 8.42 Å². The minimum absolute atomic E-state index is 0.0807. The van der Waals surface area contributed by atoms with Crippen molar-refractivity contribution in [3.63, 3.8) is 0 Å². The molecule has 0 unspecified atom stereocenters. The van der Waals surface area contributed by atoms with Gasteiger partial charge in [0.2, 0.25) is 16.0 Å². The number of H-pyrrole nitrogens is 1. The molecule has 2 aromatic carbocycles. The van der Waals surface area contributed by atoms with Gasteiger partial charge in [-0.15, -0.1) is 0 Å². The first-order valence-electron chi connectivity index (χ1n) is 8.59. The van der Waals surface area contributed by atoms with E-state index in [-0.39, 0.29) is 5.75 Å². The summed E-state index contributed by atoms with van der Waals surface area (Å²) in [6.45, 7) is 2.35. The van der Waals surface area contributed by atoms with Crippen molar-refractivity contribution in [2.45, 2.75) is 19.9 Å². The first-order valence-corrected chi connectivity index (χ1v) is 10.2. The Bertz CT molecular complexity index is 1170. The summed E-state index contributed by atoms with van der Waals surface area (Å²) in [5, 5.41) is 4.32. The van der Waals surface area contributed by atoms with Crippen molar-refractivity contribution >= 4 is 37.9 Å². The minimum atomic E-state index is -3.47. The van der Waals surface area contributed by atoms with Crippen LogP contribution in [-0.2, 0) is 16.6 Å². The van der Waals surface area contributed by atoms with E-state index in [1.54, 1.807) is 6.07 Å². The van der Waals surface area contributed by atoms with E-state index in [1.807, 2.05) is 49.5 Å². The molecule has 0 saturated heterocycles. The number of nitrogens with zero attached hydrogens (tertiary/aromatic N) is 2. The molecule has 2 heterocycles. The second-order valence-corrected chi connectivity index (χ2v) is 8.19. The number of aromatic amines is 1. The molecule has 0 amide bonds. The first kappa shape index (κ1) is 16.7. The average molecular weight is 368 g/mol. The zero-order valence-electron chi connectivity index (χ0n) is 14.4. The standard InChI is InChI=1S/C19H20N4O2S/c1-2-11-26(24,25)23-18-6-4-3-5-17(18)22-19(23)21-13-14-7-8-16-15(12-14)9-10-20-16/h3-10,12,20H,2,11,13H2,1H3,(H,21,22). The third-order valence-corrected chi connectivity index (χ3v) is 6.18. The Hall–Kier alpha value is -2.80. The maximum Gasteiger partial charge on any atom is 0.241 e. The number of anilines is 1. The number of aromatic nitrogens is 3. The fraction of sp³-hybridized carbons (Fsp3) is 0.211. The quantitative estimate of drug-likeness (QED) is 0.544. The van der Waals surface area contributed by atoms with Gasteiger partial charge in [-0.1, -0.05) is 25.1 Å². The van der Waals surface area contributed by atoms with Gasteiger partial charge in [0.15, 0.2) is 0 Å².